The molecule has 21 heavy (non-hydrogen) atoms. The quantitative estimate of drug-likeness (QED) is 0.809. The van der Waals surface area contributed by atoms with E-state index in [2.05, 4.69) is 10.6 Å². The van der Waals surface area contributed by atoms with Gasteiger partial charge in [0.25, 0.3) is 0 Å². The minimum absolute atomic E-state index is 0.0459. The fourth-order valence-corrected chi connectivity index (χ4v) is 2.52. The van der Waals surface area contributed by atoms with E-state index in [4.69, 9.17) is 5.11 Å². The van der Waals surface area contributed by atoms with Crippen molar-refractivity contribution in [2.45, 2.75) is 13.0 Å². The molecule has 0 aliphatic carbocycles. The van der Waals surface area contributed by atoms with Gasteiger partial charge in [-0.05, 0) is 36.1 Å². The average molecular weight is 308 g/mol. The van der Waals surface area contributed by atoms with Gasteiger partial charge >= 0.3 is 12.0 Å². The fourth-order valence-electron chi connectivity index (χ4n) is 1.75. The molecule has 0 bridgehead atoms. The van der Waals surface area contributed by atoms with Crippen LogP contribution in [0.4, 0.5) is 14.2 Å². The number of rotatable bonds is 4. The lowest BCUT2D eigenvalue weighted by molar-refractivity contribution is 0.0698. The lowest BCUT2D eigenvalue weighted by Crippen LogP contribution is -2.31. The van der Waals surface area contributed by atoms with Crippen molar-refractivity contribution in [1.82, 2.24) is 5.32 Å². The Morgan fingerprint density at radius 3 is 2.52 bits per heavy atom. The number of thiophene rings is 1. The van der Waals surface area contributed by atoms with Crippen LogP contribution in [-0.4, -0.2) is 17.1 Å². The molecule has 3 N–H and O–H groups in total. The molecule has 110 valence electrons. The van der Waals surface area contributed by atoms with Crippen LogP contribution in [0.5, 0.6) is 0 Å². The van der Waals surface area contributed by atoms with E-state index in [0.717, 1.165) is 16.9 Å². The highest BCUT2D eigenvalue weighted by atomic mass is 32.1. The summed E-state index contributed by atoms with van der Waals surface area (Å²) in [6, 6.07) is 6.35. The normalized spacial score (nSPS) is 11.7. The number of amides is 2. The Labute approximate surface area is 124 Å². The van der Waals surface area contributed by atoms with E-state index in [9.17, 15) is 14.0 Å². The zero-order valence-electron chi connectivity index (χ0n) is 11.1. The number of anilines is 1. The highest BCUT2D eigenvalue weighted by Crippen LogP contribution is 2.23. The summed E-state index contributed by atoms with van der Waals surface area (Å²) in [6.45, 7) is 1.75. The van der Waals surface area contributed by atoms with Crippen molar-refractivity contribution in [2.24, 2.45) is 0 Å². The molecule has 1 unspecified atom stereocenters. The van der Waals surface area contributed by atoms with Crippen molar-refractivity contribution in [3.05, 3.63) is 52.7 Å². The number of nitrogens with one attached hydrogen (secondary N) is 2. The van der Waals surface area contributed by atoms with Crippen LogP contribution < -0.4 is 10.6 Å². The molecule has 0 radical (unpaired) electrons. The molecule has 0 spiro atoms. The van der Waals surface area contributed by atoms with Gasteiger partial charge in [-0.15, -0.1) is 11.3 Å². The van der Waals surface area contributed by atoms with Crippen molar-refractivity contribution in [3.63, 3.8) is 0 Å². The molecule has 0 fully saturated rings. The second-order valence-corrected chi connectivity index (χ2v) is 5.26. The molecule has 1 aromatic heterocycles. The smallest absolute Gasteiger partial charge is 0.338 e. The highest BCUT2D eigenvalue weighted by molar-refractivity contribution is 7.14. The van der Waals surface area contributed by atoms with Gasteiger partial charge in [0.2, 0.25) is 0 Å². The topological polar surface area (TPSA) is 78.4 Å². The number of urea groups is 1. The van der Waals surface area contributed by atoms with E-state index in [1.165, 1.54) is 18.2 Å². The van der Waals surface area contributed by atoms with Crippen LogP contribution in [0.25, 0.3) is 0 Å². The van der Waals surface area contributed by atoms with Gasteiger partial charge in [-0.2, -0.15) is 0 Å². The van der Waals surface area contributed by atoms with Crippen molar-refractivity contribution < 1.29 is 19.1 Å². The highest BCUT2D eigenvalue weighted by Gasteiger charge is 2.15. The van der Waals surface area contributed by atoms with Crippen molar-refractivity contribution in [1.29, 1.82) is 0 Å². The van der Waals surface area contributed by atoms with E-state index < -0.39 is 12.0 Å². The molecule has 7 heteroatoms. The Hall–Kier alpha value is -2.41. The van der Waals surface area contributed by atoms with E-state index in [1.54, 1.807) is 24.4 Å². The Morgan fingerprint density at radius 1 is 1.24 bits per heavy atom. The number of carbonyl (C=O) groups is 2. The summed E-state index contributed by atoms with van der Waals surface area (Å²) in [7, 11) is 0. The van der Waals surface area contributed by atoms with Crippen LogP contribution >= 0.6 is 11.3 Å². The first-order chi connectivity index (χ1) is 9.97. The number of hydrogen-bond acceptors (Lipinski definition) is 3. The van der Waals surface area contributed by atoms with Gasteiger partial charge in [0.05, 0.1) is 11.6 Å². The predicted molar refractivity (Wildman–Crippen MR) is 78.2 cm³/mol. The average Bonchev–Trinajstić information content (AvgIpc) is 2.87. The third-order valence-electron chi connectivity index (χ3n) is 2.84. The first-order valence-electron chi connectivity index (χ1n) is 6.11. The maximum atomic E-state index is 12.8. The zero-order chi connectivity index (χ0) is 15.4. The first kappa shape index (κ1) is 15.0. The van der Waals surface area contributed by atoms with Gasteiger partial charge in [-0.1, -0.05) is 12.1 Å². The zero-order valence-corrected chi connectivity index (χ0v) is 11.9. The number of carboxylic acid groups (broad SMARTS) is 1. The summed E-state index contributed by atoms with van der Waals surface area (Å²) in [5, 5.41) is 16.0. The second-order valence-electron chi connectivity index (χ2n) is 4.34. The summed E-state index contributed by atoms with van der Waals surface area (Å²) in [6.07, 6.45) is 0. The molecule has 2 rings (SSSR count). The molecule has 0 aliphatic heterocycles. The largest absolute Gasteiger partial charge is 0.478 e. The summed E-state index contributed by atoms with van der Waals surface area (Å²) in [5.41, 5.74) is 0.792. The maximum absolute atomic E-state index is 12.8. The van der Waals surface area contributed by atoms with Crippen molar-refractivity contribution in [2.75, 3.05) is 5.32 Å². The lowest BCUT2D eigenvalue weighted by Gasteiger charge is -2.14. The van der Waals surface area contributed by atoms with Crippen molar-refractivity contribution >= 4 is 28.3 Å². The molecule has 0 saturated carbocycles. The maximum Gasteiger partial charge on any atom is 0.338 e. The summed E-state index contributed by atoms with van der Waals surface area (Å²) >= 11 is 1.13. The number of halogens is 1. The summed E-state index contributed by atoms with van der Waals surface area (Å²) in [5.74, 6) is -1.45. The van der Waals surface area contributed by atoms with E-state index in [-0.39, 0.29) is 22.4 Å². The van der Waals surface area contributed by atoms with Crippen LogP contribution in [-0.2, 0) is 0 Å². The minimum atomic E-state index is -1.10. The molecule has 1 aromatic carbocycles. The standard InChI is InChI=1S/C14H13FN2O3S/c1-8(9-2-4-10(15)5-3-9)16-14(20)17-12-11(13(18)19)6-7-21-12/h2-8H,1H3,(H,18,19)(H2,16,17,20). The Kier molecular flexibility index (Phi) is 4.54. The number of carbonyl (C=O) groups excluding carboxylic acids is 1. The SMILES string of the molecule is CC(NC(=O)Nc1sccc1C(=O)O)c1ccc(F)cc1. The van der Waals surface area contributed by atoms with Gasteiger partial charge in [-0.25, -0.2) is 14.0 Å². The van der Waals surface area contributed by atoms with Crippen LogP contribution in [0.15, 0.2) is 35.7 Å². The van der Waals surface area contributed by atoms with Crippen LogP contribution in [0.1, 0.15) is 28.9 Å². The van der Waals surface area contributed by atoms with Crippen molar-refractivity contribution in [3.8, 4) is 0 Å². The van der Waals surface area contributed by atoms with Gasteiger partial charge in [0, 0.05) is 0 Å². The molecule has 2 amide bonds. The molecule has 5 nitrogen and oxygen atoms in total. The minimum Gasteiger partial charge on any atom is -0.478 e. The third-order valence-corrected chi connectivity index (χ3v) is 3.67. The Morgan fingerprint density at radius 2 is 1.90 bits per heavy atom. The Bertz CT molecular complexity index is 654. The molecule has 2 aromatic rings. The molecule has 1 atom stereocenters. The number of hydrogen-bond donors (Lipinski definition) is 3. The summed E-state index contributed by atoms with van der Waals surface area (Å²) < 4.78 is 12.8. The number of aromatic carboxylic acids is 1. The molecule has 0 aliphatic rings. The van der Waals surface area contributed by atoms with Gasteiger partial charge < -0.3 is 10.4 Å². The van der Waals surface area contributed by atoms with E-state index in [1.807, 2.05) is 0 Å². The Balaban J connectivity index is 1.99. The fraction of sp³-hybridized carbons (Fsp3) is 0.143. The van der Waals surface area contributed by atoms with Gasteiger partial charge in [0.1, 0.15) is 10.8 Å². The van der Waals surface area contributed by atoms with Crippen LogP contribution in [0, 0.1) is 5.82 Å². The monoisotopic (exact) mass is 308 g/mol. The van der Waals surface area contributed by atoms with Crippen LogP contribution in [0.3, 0.4) is 0 Å². The van der Waals surface area contributed by atoms with E-state index >= 15 is 0 Å². The number of carboxylic acids is 1. The second kappa shape index (κ2) is 6.36. The lowest BCUT2D eigenvalue weighted by atomic mass is 10.1. The molecule has 1 heterocycles. The third kappa shape index (κ3) is 3.79. The first-order valence-corrected chi connectivity index (χ1v) is 6.99. The van der Waals surface area contributed by atoms with E-state index in [0.29, 0.717) is 0 Å². The number of benzene rings is 1. The van der Waals surface area contributed by atoms with Gasteiger partial charge in [0.15, 0.2) is 0 Å². The molecular formula is C14H13FN2O3S. The summed E-state index contributed by atoms with van der Waals surface area (Å²) in [4.78, 5) is 22.8. The molecule has 0 saturated heterocycles. The van der Waals surface area contributed by atoms with Gasteiger partial charge in [-0.3, -0.25) is 5.32 Å². The molecular weight excluding hydrogens is 295 g/mol. The van der Waals surface area contributed by atoms with Crippen LogP contribution in [0.2, 0.25) is 0 Å². The predicted octanol–water partition coefficient (Wildman–Crippen LogP) is 3.47.